The molecule has 0 aromatic heterocycles. The monoisotopic (exact) mass is 230 g/mol. The van der Waals surface area contributed by atoms with Gasteiger partial charge in [-0.05, 0) is 6.42 Å². The molecule has 1 aliphatic heterocycles. The van der Waals surface area contributed by atoms with Crippen LogP contribution in [-0.4, -0.2) is 36.9 Å². The molecule has 0 N–H and O–H groups in total. The average Bonchev–Trinajstić information content (AvgIpc) is 2.61. The summed E-state index contributed by atoms with van der Waals surface area (Å²) in [6.45, 7) is 5.15. The van der Waals surface area contributed by atoms with Gasteiger partial charge in [0.25, 0.3) is 0 Å². The van der Waals surface area contributed by atoms with Crippen LogP contribution in [0.15, 0.2) is 0 Å². The minimum absolute atomic E-state index is 0.304. The zero-order valence-electron chi connectivity index (χ0n) is 9.89. The van der Waals surface area contributed by atoms with Crippen LogP contribution in [0.25, 0.3) is 0 Å². The molecule has 1 rings (SSSR count). The van der Waals surface area contributed by atoms with Crippen LogP contribution in [0.4, 0.5) is 0 Å². The summed E-state index contributed by atoms with van der Waals surface area (Å²) in [6.07, 6.45) is 0.313. The van der Waals surface area contributed by atoms with Gasteiger partial charge in [-0.15, -0.1) is 0 Å². The van der Waals surface area contributed by atoms with E-state index in [0.29, 0.717) is 19.4 Å². The molecular formula is C11H18O5. The summed E-state index contributed by atoms with van der Waals surface area (Å²) in [5.74, 6) is -0.679. The quantitative estimate of drug-likeness (QED) is 0.675. The van der Waals surface area contributed by atoms with Crippen molar-refractivity contribution in [3.63, 3.8) is 0 Å². The van der Waals surface area contributed by atoms with E-state index in [1.165, 1.54) is 13.8 Å². The maximum absolute atomic E-state index is 10.9. The normalized spacial score (nSPS) is 26.2. The zero-order chi connectivity index (χ0) is 12.1. The van der Waals surface area contributed by atoms with Crippen molar-refractivity contribution in [2.45, 2.75) is 51.9 Å². The van der Waals surface area contributed by atoms with Crippen LogP contribution in [0.1, 0.15) is 33.6 Å². The molecule has 0 amide bonds. The molecule has 0 bridgehead atoms. The van der Waals surface area contributed by atoms with Gasteiger partial charge < -0.3 is 14.2 Å². The van der Waals surface area contributed by atoms with Crippen LogP contribution in [0, 0.1) is 0 Å². The van der Waals surface area contributed by atoms with Gasteiger partial charge in [0.1, 0.15) is 18.3 Å². The summed E-state index contributed by atoms with van der Waals surface area (Å²) in [5, 5.41) is 0. The first-order chi connectivity index (χ1) is 7.54. The largest absolute Gasteiger partial charge is 0.460 e. The second kappa shape index (κ2) is 5.84. The van der Waals surface area contributed by atoms with Crippen LogP contribution in [-0.2, 0) is 23.8 Å². The maximum atomic E-state index is 10.9. The molecule has 0 radical (unpaired) electrons. The Morgan fingerprint density at radius 1 is 1.38 bits per heavy atom. The summed E-state index contributed by atoms with van der Waals surface area (Å²) in [7, 11) is 0. The van der Waals surface area contributed by atoms with Gasteiger partial charge in [0.15, 0.2) is 0 Å². The summed E-state index contributed by atoms with van der Waals surface area (Å²) < 4.78 is 15.7. The SMILES string of the molecule is CCC(OC(C)=O)C1OCCC1OC(C)=O. The molecule has 5 heteroatoms. The van der Waals surface area contributed by atoms with Crippen molar-refractivity contribution >= 4 is 11.9 Å². The summed E-state index contributed by atoms with van der Waals surface area (Å²) in [4.78, 5) is 21.8. The molecule has 0 aromatic carbocycles. The van der Waals surface area contributed by atoms with Gasteiger partial charge in [-0.2, -0.15) is 0 Å². The zero-order valence-corrected chi connectivity index (χ0v) is 9.89. The van der Waals surface area contributed by atoms with E-state index in [1.807, 2.05) is 6.92 Å². The van der Waals surface area contributed by atoms with E-state index in [4.69, 9.17) is 14.2 Å². The van der Waals surface area contributed by atoms with Crippen molar-refractivity contribution in [2.24, 2.45) is 0 Å². The predicted octanol–water partition coefficient (Wildman–Crippen LogP) is 1.05. The van der Waals surface area contributed by atoms with Crippen molar-refractivity contribution in [3.8, 4) is 0 Å². The van der Waals surface area contributed by atoms with E-state index < -0.39 is 0 Å². The van der Waals surface area contributed by atoms with Gasteiger partial charge in [0.05, 0.1) is 6.61 Å². The van der Waals surface area contributed by atoms with E-state index in [2.05, 4.69) is 0 Å². The highest BCUT2D eigenvalue weighted by atomic mass is 16.6. The van der Waals surface area contributed by atoms with E-state index in [-0.39, 0.29) is 30.3 Å². The van der Waals surface area contributed by atoms with Gasteiger partial charge in [-0.25, -0.2) is 0 Å². The molecule has 0 aromatic rings. The highest BCUT2D eigenvalue weighted by Crippen LogP contribution is 2.23. The van der Waals surface area contributed by atoms with Crippen molar-refractivity contribution in [1.29, 1.82) is 0 Å². The molecule has 3 unspecified atom stereocenters. The highest BCUT2D eigenvalue weighted by Gasteiger charge is 2.38. The fourth-order valence-electron chi connectivity index (χ4n) is 1.87. The predicted molar refractivity (Wildman–Crippen MR) is 55.8 cm³/mol. The van der Waals surface area contributed by atoms with Gasteiger partial charge in [0, 0.05) is 20.3 Å². The molecular weight excluding hydrogens is 212 g/mol. The Kier molecular flexibility index (Phi) is 4.73. The lowest BCUT2D eigenvalue weighted by Crippen LogP contribution is -2.39. The number of rotatable bonds is 4. The van der Waals surface area contributed by atoms with Crippen LogP contribution in [0.5, 0.6) is 0 Å². The first-order valence-electron chi connectivity index (χ1n) is 5.50. The van der Waals surface area contributed by atoms with Gasteiger partial charge in [-0.3, -0.25) is 9.59 Å². The van der Waals surface area contributed by atoms with Gasteiger partial charge in [-0.1, -0.05) is 6.92 Å². The molecule has 1 fully saturated rings. The second-order valence-corrected chi connectivity index (χ2v) is 3.83. The minimum atomic E-state index is -0.344. The number of ether oxygens (including phenoxy) is 3. The molecule has 0 saturated carbocycles. The Morgan fingerprint density at radius 3 is 2.56 bits per heavy atom. The highest BCUT2D eigenvalue weighted by molar-refractivity contribution is 5.66. The number of hydrogen-bond donors (Lipinski definition) is 0. The summed E-state index contributed by atoms with van der Waals surface area (Å²) >= 11 is 0. The Bertz CT molecular complexity index is 263. The molecule has 16 heavy (non-hydrogen) atoms. The lowest BCUT2D eigenvalue weighted by molar-refractivity contribution is -0.163. The third kappa shape index (κ3) is 3.48. The third-order valence-corrected chi connectivity index (χ3v) is 2.48. The van der Waals surface area contributed by atoms with Gasteiger partial charge in [0.2, 0.25) is 0 Å². The molecule has 1 aliphatic rings. The van der Waals surface area contributed by atoms with Crippen LogP contribution in [0.3, 0.4) is 0 Å². The third-order valence-electron chi connectivity index (χ3n) is 2.48. The minimum Gasteiger partial charge on any atom is -0.460 e. The number of hydrogen-bond acceptors (Lipinski definition) is 5. The Morgan fingerprint density at radius 2 is 2.06 bits per heavy atom. The Balaban J connectivity index is 2.60. The smallest absolute Gasteiger partial charge is 0.302 e. The van der Waals surface area contributed by atoms with Crippen molar-refractivity contribution in [1.82, 2.24) is 0 Å². The van der Waals surface area contributed by atoms with Crippen LogP contribution >= 0.6 is 0 Å². The molecule has 0 spiro atoms. The van der Waals surface area contributed by atoms with Crippen molar-refractivity contribution in [3.05, 3.63) is 0 Å². The first-order valence-corrected chi connectivity index (χ1v) is 5.50. The molecule has 5 nitrogen and oxygen atoms in total. The summed E-state index contributed by atoms with van der Waals surface area (Å²) in [5.41, 5.74) is 0. The van der Waals surface area contributed by atoms with Crippen LogP contribution in [0.2, 0.25) is 0 Å². The van der Waals surface area contributed by atoms with Crippen molar-refractivity contribution in [2.75, 3.05) is 6.61 Å². The van der Waals surface area contributed by atoms with Gasteiger partial charge >= 0.3 is 11.9 Å². The molecule has 0 aliphatic carbocycles. The molecule has 3 atom stereocenters. The summed E-state index contributed by atoms with van der Waals surface area (Å²) in [6, 6.07) is 0. The maximum Gasteiger partial charge on any atom is 0.302 e. The number of esters is 2. The molecule has 1 saturated heterocycles. The lowest BCUT2D eigenvalue weighted by Gasteiger charge is -2.25. The van der Waals surface area contributed by atoms with E-state index in [1.54, 1.807) is 0 Å². The molecule has 1 heterocycles. The fraction of sp³-hybridized carbons (Fsp3) is 0.818. The first kappa shape index (κ1) is 13.0. The fourth-order valence-corrected chi connectivity index (χ4v) is 1.87. The lowest BCUT2D eigenvalue weighted by atomic mass is 10.1. The molecule has 92 valence electrons. The van der Waals surface area contributed by atoms with E-state index in [0.717, 1.165) is 0 Å². The van der Waals surface area contributed by atoms with Crippen LogP contribution < -0.4 is 0 Å². The number of carbonyl (C=O) groups is 2. The average molecular weight is 230 g/mol. The Hall–Kier alpha value is -1.10. The second-order valence-electron chi connectivity index (χ2n) is 3.83. The standard InChI is InChI=1S/C11H18O5/c1-4-9(15-7(2)12)11-10(5-6-14-11)16-8(3)13/h9-11H,4-6H2,1-3H3. The Labute approximate surface area is 95.0 Å². The van der Waals surface area contributed by atoms with E-state index >= 15 is 0 Å². The van der Waals surface area contributed by atoms with E-state index in [9.17, 15) is 9.59 Å². The topological polar surface area (TPSA) is 61.8 Å². The number of carbonyl (C=O) groups excluding carboxylic acids is 2. The van der Waals surface area contributed by atoms with Crippen molar-refractivity contribution < 1.29 is 23.8 Å².